The first-order chi connectivity index (χ1) is 13.0. The molecule has 0 N–H and O–H groups in total. The van der Waals surface area contributed by atoms with Gasteiger partial charge in [0.1, 0.15) is 0 Å². The highest BCUT2D eigenvalue weighted by atomic mass is 35.5. The van der Waals surface area contributed by atoms with Crippen molar-refractivity contribution >= 4 is 27.1 Å². The van der Waals surface area contributed by atoms with Crippen molar-refractivity contribution in [2.24, 2.45) is 0 Å². The van der Waals surface area contributed by atoms with Gasteiger partial charge in [-0.2, -0.15) is 0 Å². The third-order valence-corrected chi connectivity index (χ3v) is 7.56. The number of nitrogens with zero attached hydrogens (tertiary/aromatic N) is 2. The van der Waals surface area contributed by atoms with E-state index in [-0.39, 0.29) is 10.6 Å². The van der Waals surface area contributed by atoms with Crippen molar-refractivity contribution < 1.29 is 8.42 Å². The van der Waals surface area contributed by atoms with Gasteiger partial charge in [-0.15, -0.1) is 0 Å². The molecule has 0 spiro atoms. The summed E-state index contributed by atoms with van der Waals surface area (Å²) >= 11 is 6.61. The highest BCUT2D eigenvalue weighted by Gasteiger charge is 2.24. The molecule has 4 nitrogen and oxygen atoms in total. The van der Waals surface area contributed by atoms with Crippen molar-refractivity contribution in [3.8, 4) is 11.1 Å². The van der Waals surface area contributed by atoms with Crippen LogP contribution in [0.5, 0.6) is 0 Å². The summed E-state index contributed by atoms with van der Waals surface area (Å²) in [5.74, 6) is 0.105. The molecule has 2 aromatic carbocycles. The summed E-state index contributed by atoms with van der Waals surface area (Å²) in [5, 5.41) is 0.325. The summed E-state index contributed by atoms with van der Waals surface area (Å²) in [7, 11) is -3.42. The lowest BCUT2D eigenvalue weighted by Gasteiger charge is -2.36. The van der Waals surface area contributed by atoms with Crippen LogP contribution in [0.4, 0.5) is 5.69 Å². The number of likely N-dealkylation sites (N-methyl/N-ethyl adjacent to an activating group) is 1. The van der Waals surface area contributed by atoms with Gasteiger partial charge in [0.25, 0.3) is 0 Å². The third-order valence-electron chi connectivity index (χ3n) is 5.10. The zero-order valence-electron chi connectivity index (χ0n) is 16.0. The topological polar surface area (TPSA) is 40.6 Å². The van der Waals surface area contributed by atoms with E-state index in [1.807, 2.05) is 43.3 Å². The van der Waals surface area contributed by atoms with E-state index in [0.29, 0.717) is 11.4 Å². The second-order valence-electron chi connectivity index (χ2n) is 6.91. The molecular formula is C21H27ClN2O2S. The molecule has 1 fully saturated rings. The maximum atomic E-state index is 12.9. The van der Waals surface area contributed by atoms with Gasteiger partial charge in [-0.3, -0.25) is 0 Å². The van der Waals surface area contributed by atoms with Crippen molar-refractivity contribution in [1.29, 1.82) is 0 Å². The van der Waals surface area contributed by atoms with Crippen molar-refractivity contribution in [3.05, 3.63) is 47.5 Å². The Bertz CT molecular complexity index is 877. The molecule has 1 heterocycles. The Labute approximate surface area is 167 Å². The van der Waals surface area contributed by atoms with Gasteiger partial charge in [-0.05, 0) is 30.7 Å². The molecule has 0 bridgehead atoms. The number of benzene rings is 2. The molecule has 0 aromatic heterocycles. The lowest BCUT2D eigenvalue weighted by Crippen LogP contribution is -2.46. The summed E-state index contributed by atoms with van der Waals surface area (Å²) in [5.41, 5.74) is 2.65. The number of hydrogen-bond acceptors (Lipinski definition) is 4. The largest absolute Gasteiger partial charge is 0.369 e. The SMILES string of the molecule is CCCS(=O)(=O)c1cc(N2CCN(CC)CC2)cc(-c2ccccc2)c1Cl. The molecule has 0 saturated carbocycles. The van der Waals surface area contributed by atoms with E-state index < -0.39 is 9.84 Å². The Hall–Kier alpha value is -1.56. The number of rotatable bonds is 6. The van der Waals surface area contributed by atoms with Crippen molar-refractivity contribution in [1.82, 2.24) is 4.90 Å². The minimum Gasteiger partial charge on any atom is -0.369 e. The average Bonchev–Trinajstić information content (AvgIpc) is 2.69. The molecular weight excluding hydrogens is 380 g/mol. The zero-order valence-corrected chi connectivity index (χ0v) is 17.6. The second-order valence-corrected chi connectivity index (χ2v) is 9.37. The summed E-state index contributed by atoms with van der Waals surface area (Å²) in [6.07, 6.45) is 0.568. The molecule has 3 rings (SSSR count). The number of halogens is 1. The van der Waals surface area contributed by atoms with Crippen LogP contribution in [0, 0.1) is 0 Å². The average molecular weight is 407 g/mol. The van der Waals surface area contributed by atoms with Gasteiger partial charge in [0, 0.05) is 37.4 Å². The van der Waals surface area contributed by atoms with Crippen molar-refractivity contribution in [2.45, 2.75) is 25.2 Å². The number of anilines is 1. The van der Waals surface area contributed by atoms with Crippen LogP contribution in [0.2, 0.25) is 5.02 Å². The predicted molar refractivity (Wildman–Crippen MR) is 114 cm³/mol. The summed E-state index contributed by atoms with van der Waals surface area (Å²) in [6.45, 7) is 8.82. The highest BCUT2D eigenvalue weighted by Crippen LogP contribution is 2.38. The molecule has 1 aliphatic rings. The van der Waals surface area contributed by atoms with Gasteiger partial charge in [0.15, 0.2) is 9.84 Å². The van der Waals surface area contributed by atoms with Crippen LogP contribution in [0.1, 0.15) is 20.3 Å². The van der Waals surface area contributed by atoms with Gasteiger partial charge in [-0.1, -0.05) is 55.8 Å². The van der Waals surface area contributed by atoms with Gasteiger partial charge in [0.2, 0.25) is 0 Å². The summed E-state index contributed by atoms with van der Waals surface area (Å²) in [4.78, 5) is 4.92. The molecule has 2 aromatic rings. The van der Waals surface area contributed by atoms with Gasteiger partial charge in [-0.25, -0.2) is 8.42 Å². The summed E-state index contributed by atoms with van der Waals surface area (Å²) < 4.78 is 25.7. The summed E-state index contributed by atoms with van der Waals surface area (Å²) in [6, 6.07) is 13.6. The normalized spacial score (nSPS) is 15.9. The fourth-order valence-electron chi connectivity index (χ4n) is 3.52. The molecule has 0 radical (unpaired) electrons. The lowest BCUT2D eigenvalue weighted by atomic mass is 10.0. The second kappa shape index (κ2) is 8.63. The predicted octanol–water partition coefficient (Wildman–Crippen LogP) is 4.33. The van der Waals surface area contributed by atoms with Crippen LogP contribution in [0.25, 0.3) is 11.1 Å². The van der Waals surface area contributed by atoms with E-state index in [1.165, 1.54) is 0 Å². The Kier molecular flexibility index (Phi) is 6.45. The smallest absolute Gasteiger partial charge is 0.179 e. The van der Waals surface area contributed by atoms with Crippen LogP contribution in [-0.4, -0.2) is 51.8 Å². The Balaban J connectivity index is 2.09. The minimum atomic E-state index is -3.42. The number of sulfone groups is 1. The molecule has 0 atom stereocenters. The molecule has 6 heteroatoms. The van der Waals surface area contributed by atoms with E-state index >= 15 is 0 Å². The van der Waals surface area contributed by atoms with Crippen LogP contribution in [-0.2, 0) is 9.84 Å². The molecule has 1 saturated heterocycles. The van der Waals surface area contributed by atoms with E-state index in [9.17, 15) is 8.42 Å². The van der Waals surface area contributed by atoms with Crippen LogP contribution >= 0.6 is 11.6 Å². The Morgan fingerprint density at radius 3 is 2.26 bits per heavy atom. The van der Waals surface area contributed by atoms with E-state index in [1.54, 1.807) is 6.07 Å². The monoisotopic (exact) mass is 406 g/mol. The van der Waals surface area contributed by atoms with Crippen LogP contribution < -0.4 is 4.90 Å². The first-order valence-corrected chi connectivity index (χ1v) is 11.6. The van der Waals surface area contributed by atoms with E-state index in [0.717, 1.165) is 49.5 Å². The van der Waals surface area contributed by atoms with Crippen LogP contribution in [0.3, 0.4) is 0 Å². The molecule has 0 aliphatic carbocycles. The third kappa shape index (κ3) is 4.48. The van der Waals surface area contributed by atoms with Crippen molar-refractivity contribution in [2.75, 3.05) is 43.4 Å². The fourth-order valence-corrected chi connectivity index (χ4v) is 5.53. The molecule has 0 amide bonds. The highest BCUT2D eigenvalue weighted by molar-refractivity contribution is 7.91. The molecule has 146 valence electrons. The molecule has 0 unspecified atom stereocenters. The quantitative estimate of drug-likeness (QED) is 0.715. The first-order valence-electron chi connectivity index (χ1n) is 9.55. The maximum Gasteiger partial charge on any atom is 0.179 e. The van der Waals surface area contributed by atoms with Gasteiger partial charge >= 0.3 is 0 Å². The van der Waals surface area contributed by atoms with E-state index in [4.69, 9.17) is 11.6 Å². The lowest BCUT2D eigenvalue weighted by molar-refractivity contribution is 0.271. The van der Waals surface area contributed by atoms with Crippen molar-refractivity contribution in [3.63, 3.8) is 0 Å². The fraction of sp³-hybridized carbons (Fsp3) is 0.429. The van der Waals surface area contributed by atoms with Crippen LogP contribution in [0.15, 0.2) is 47.4 Å². The zero-order chi connectivity index (χ0) is 19.4. The maximum absolute atomic E-state index is 12.9. The number of piperazine rings is 1. The standard InChI is InChI=1S/C21H27ClN2O2S/c1-3-14-27(25,26)20-16-18(24-12-10-23(4-2)11-13-24)15-19(21(20)22)17-8-6-5-7-9-17/h5-9,15-16H,3-4,10-14H2,1-2H3. The van der Waals surface area contributed by atoms with Gasteiger partial charge < -0.3 is 9.80 Å². The number of hydrogen-bond donors (Lipinski definition) is 0. The van der Waals surface area contributed by atoms with E-state index in [2.05, 4.69) is 16.7 Å². The first kappa shape index (κ1) is 20.2. The Morgan fingerprint density at radius 1 is 1.00 bits per heavy atom. The minimum absolute atomic E-state index is 0.105. The van der Waals surface area contributed by atoms with Gasteiger partial charge in [0.05, 0.1) is 15.7 Å². The molecule has 1 aliphatic heterocycles. The molecule has 27 heavy (non-hydrogen) atoms. The Morgan fingerprint density at radius 2 is 1.67 bits per heavy atom.